The minimum atomic E-state index is -0.0428. The summed E-state index contributed by atoms with van der Waals surface area (Å²) in [5.74, 6) is 0.730. The number of pyridine rings is 2. The molecule has 0 bridgehead atoms. The summed E-state index contributed by atoms with van der Waals surface area (Å²) >= 11 is 3.53. The van der Waals surface area contributed by atoms with Crippen molar-refractivity contribution < 1.29 is 4.74 Å². The molecule has 0 spiro atoms. The second-order valence-electron chi connectivity index (χ2n) is 6.46. The van der Waals surface area contributed by atoms with Gasteiger partial charge in [-0.25, -0.2) is 0 Å². The number of anilines is 2. The first kappa shape index (κ1) is 18.3. The Morgan fingerprint density at radius 3 is 2.68 bits per heavy atom. The van der Waals surface area contributed by atoms with E-state index in [-0.39, 0.29) is 5.56 Å². The van der Waals surface area contributed by atoms with E-state index in [1.165, 1.54) is 0 Å². The van der Waals surface area contributed by atoms with Crippen molar-refractivity contribution >= 4 is 38.2 Å². The Labute approximate surface area is 170 Å². The van der Waals surface area contributed by atoms with Crippen LogP contribution in [-0.4, -0.2) is 16.7 Å². The monoisotopic (exact) mass is 435 g/mol. The molecule has 28 heavy (non-hydrogen) atoms. The van der Waals surface area contributed by atoms with Crippen LogP contribution in [0.4, 0.5) is 11.4 Å². The highest BCUT2D eigenvalue weighted by Crippen LogP contribution is 2.32. The number of methoxy groups -OCH3 is 1. The summed E-state index contributed by atoms with van der Waals surface area (Å²) in [5, 5.41) is 4.49. The summed E-state index contributed by atoms with van der Waals surface area (Å²) in [4.78, 5) is 16.1. The molecule has 0 saturated carbocycles. The molecule has 0 aliphatic rings. The zero-order valence-corrected chi connectivity index (χ0v) is 17.0. The van der Waals surface area contributed by atoms with Crippen molar-refractivity contribution in [2.24, 2.45) is 7.05 Å². The van der Waals surface area contributed by atoms with Crippen molar-refractivity contribution in [2.75, 3.05) is 12.4 Å². The Kier molecular flexibility index (Phi) is 4.88. The first-order valence-electron chi connectivity index (χ1n) is 8.71. The van der Waals surface area contributed by atoms with Crippen LogP contribution in [0.5, 0.6) is 5.75 Å². The van der Waals surface area contributed by atoms with Crippen LogP contribution in [-0.2, 0) is 7.05 Å². The van der Waals surface area contributed by atoms with Gasteiger partial charge in [0.25, 0.3) is 0 Å². The lowest BCUT2D eigenvalue weighted by molar-refractivity contribution is 0.415. The largest absolute Gasteiger partial charge is 0.497 e. The fraction of sp³-hybridized carbons (Fsp3) is 0.0909. The molecule has 0 unspecified atom stereocenters. The zero-order chi connectivity index (χ0) is 19.7. The summed E-state index contributed by atoms with van der Waals surface area (Å²) in [6.07, 6.45) is 3.60. The van der Waals surface area contributed by atoms with Gasteiger partial charge in [0.05, 0.1) is 12.6 Å². The van der Waals surface area contributed by atoms with E-state index in [2.05, 4.69) is 26.2 Å². The van der Waals surface area contributed by atoms with Gasteiger partial charge in [-0.05, 0) is 53.6 Å². The van der Waals surface area contributed by atoms with Gasteiger partial charge in [-0.2, -0.15) is 0 Å². The lowest BCUT2D eigenvalue weighted by Gasteiger charge is -2.13. The van der Waals surface area contributed by atoms with Crippen LogP contribution < -0.4 is 15.6 Å². The fourth-order valence-electron chi connectivity index (χ4n) is 3.10. The average Bonchev–Trinajstić information content (AvgIpc) is 2.70. The molecular formula is C22H18BrN3O2. The van der Waals surface area contributed by atoms with Crippen molar-refractivity contribution in [1.29, 1.82) is 0 Å². The molecular weight excluding hydrogens is 418 g/mol. The van der Waals surface area contributed by atoms with E-state index >= 15 is 0 Å². The molecule has 0 aliphatic heterocycles. The standard InChI is InChI=1S/C22H18BrN3O2/c1-26-13-14(3-6-22(26)27)15-9-17(12-18(10-15)28-2)25-21-7-8-24-20-5-4-16(23)11-19(20)21/h3-13H,1-2H3,(H,24,25). The summed E-state index contributed by atoms with van der Waals surface area (Å²) < 4.78 is 8.05. The first-order chi connectivity index (χ1) is 13.5. The van der Waals surface area contributed by atoms with Gasteiger partial charge in [0.15, 0.2) is 0 Å². The molecule has 0 amide bonds. The molecule has 0 saturated heterocycles. The lowest BCUT2D eigenvalue weighted by Crippen LogP contribution is -2.13. The second-order valence-corrected chi connectivity index (χ2v) is 7.38. The minimum Gasteiger partial charge on any atom is -0.497 e. The Hall–Kier alpha value is -3.12. The van der Waals surface area contributed by atoms with Gasteiger partial charge in [0.1, 0.15) is 5.75 Å². The molecule has 4 rings (SSSR count). The van der Waals surface area contributed by atoms with E-state index in [9.17, 15) is 4.79 Å². The topological polar surface area (TPSA) is 56.1 Å². The molecule has 6 heteroatoms. The predicted octanol–water partition coefficient (Wildman–Crippen LogP) is 5.12. The highest BCUT2D eigenvalue weighted by Gasteiger charge is 2.08. The van der Waals surface area contributed by atoms with E-state index in [0.717, 1.165) is 43.6 Å². The van der Waals surface area contributed by atoms with Crippen LogP contribution in [0, 0.1) is 0 Å². The van der Waals surface area contributed by atoms with Crippen LogP contribution in [0.1, 0.15) is 0 Å². The van der Waals surface area contributed by atoms with Gasteiger partial charge in [-0.1, -0.05) is 15.9 Å². The summed E-state index contributed by atoms with van der Waals surface area (Å²) in [7, 11) is 3.38. The van der Waals surface area contributed by atoms with Gasteiger partial charge >= 0.3 is 0 Å². The van der Waals surface area contributed by atoms with Crippen LogP contribution in [0.25, 0.3) is 22.0 Å². The number of nitrogens with one attached hydrogen (secondary N) is 1. The molecule has 0 radical (unpaired) electrons. The van der Waals surface area contributed by atoms with Gasteiger partial charge in [-0.15, -0.1) is 0 Å². The van der Waals surface area contributed by atoms with Gasteiger partial charge in [-0.3, -0.25) is 9.78 Å². The average molecular weight is 436 g/mol. The predicted molar refractivity (Wildman–Crippen MR) is 116 cm³/mol. The van der Waals surface area contributed by atoms with Crippen molar-refractivity contribution in [2.45, 2.75) is 0 Å². The number of rotatable bonds is 4. The quantitative estimate of drug-likeness (QED) is 0.483. The smallest absolute Gasteiger partial charge is 0.250 e. The van der Waals surface area contributed by atoms with Gasteiger partial charge in [0.2, 0.25) is 5.56 Å². The van der Waals surface area contributed by atoms with E-state index in [1.807, 2.05) is 54.7 Å². The molecule has 1 N–H and O–H groups in total. The summed E-state index contributed by atoms with van der Waals surface area (Å²) in [6.45, 7) is 0. The van der Waals surface area contributed by atoms with Crippen molar-refractivity contribution in [3.63, 3.8) is 0 Å². The lowest BCUT2D eigenvalue weighted by atomic mass is 10.1. The zero-order valence-electron chi connectivity index (χ0n) is 15.4. The normalized spacial score (nSPS) is 10.8. The van der Waals surface area contributed by atoms with E-state index < -0.39 is 0 Å². The van der Waals surface area contributed by atoms with Crippen LogP contribution in [0.2, 0.25) is 0 Å². The number of fused-ring (bicyclic) bond motifs is 1. The van der Waals surface area contributed by atoms with Crippen molar-refractivity contribution in [1.82, 2.24) is 9.55 Å². The first-order valence-corrected chi connectivity index (χ1v) is 9.50. The molecule has 0 aliphatic carbocycles. The van der Waals surface area contributed by atoms with E-state index in [1.54, 1.807) is 31.0 Å². The minimum absolute atomic E-state index is 0.0428. The third-order valence-corrected chi connectivity index (χ3v) is 5.04. The molecule has 4 aromatic rings. The number of halogens is 1. The van der Waals surface area contributed by atoms with Crippen LogP contribution in [0.15, 0.2) is 76.3 Å². The second kappa shape index (κ2) is 7.48. The summed E-state index contributed by atoms with van der Waals surface area (Å²) in [5.41, 5.74) is 4.60. The third-order valence-electron chi connectivity index (χ3n) is 4.54. The number of hydrogen-bond donors (Lipinski definition) is 1. The number of aryl methyl sites for hydroxylation is 1. The Morgan fingerprint density at radius 2 is 1.89 bits per heavy atom. The molecule has 5 nitrogen and oxygen atoms in total. The van der Waals surface area contributed by atoms with Gasteiger partial charge in [0, 0.05) is 52.8 Å². The number of benzene rings is 2. The number of nitrogens with zero attached hydrogens (tertiary/aromatic N) is 2. The molecule has 0 atom stereocenters. The highest BCUT2D eigenvalue weighted by atomic mass is 79.9. The Balaban J connectivity index is 1.79. The molecule has 0 fully saturated rings. The number of hydrogen-bond acceptors (Lipinski definition) is 4. The molecule has 140 valence electrons. The van der Waals surface area contributed by atoms with E-state index in [0.29, 0.717) is 0 Å². The number of aromatic nitrogens is 2. The maximum atomic E-state index is 11.7. The molecule has 2 aromatic heterocycles. The van der Waals surface area contributed by atoms with E-state index in [4.69, 9.17) is 4.74 Å². The molecule has 2 aromatic carbocycles. The van der Waals surface area contributed by atoms with Crippen molar-refractivity contribution in [3.8, 4) is 16.9 Å². The SMILES string of the molecule is COc1cc(Nc2ccnc3ccc(Br)cc23)cc(-c2ccc(=O)n(C)c2)c1. The van der Waals surface area contributed by atoms with Gasteiger partial charge < -0.3 is 14.6 Å². The van der Waals surface area contributed by atoms with Crippen LogP contribution in [0.3, 0.4) is 0 Å². The fourth-order valence-corrected chi connectivity index (χ4v) is 3.46. The third kappa shape index (κ3) is 3.64. The Morgan fingerprint density at radius 1 is 1.04 bits per heavy atom. The highest BCUT2D eigenvalue weighted by molar-refractivity contribution is 9.10. The maximum absolute atomic E-state index is 11.7. The van der Waals surface area contributed by atoms with Crippen LogP contribution >= 0.6 is 15.9 Å². The molecule has 2 heterocycles. The maximum Gasteiger partial charge on any atom is 0.250 e. The Bertz CT molecular complexity index is 1230. The number of ether oxygens (including phenoxy) is 1. The van der Waals surface area contributed by atoms with Crippen molar-refractivity contribution in [3.05, 3.63) is 81.8 Å². The summed E-state index contributed by atoms with van der Waals surface area (Å²) in [6, 6.07) is 17.2.